The van der Waals surface area contributed by atoms with E-state index in [1.54, 1.807) is 6.20 Å². The Morgan fingerprint density at radius 2 is 1.83 bits per heavy atom. The van der Waals surface area contributed by atoms with Crippen molar-refractivity contribution >= 4 is 34.7 Å². The van der Waals surface area contributed by atoms with E-state index < -0.39 is 0 Å². The maximum Gasteiger partial charge on any atom is 0.163 e. The molecule has 0 atom stereocenters. The van der Waals surface area contributed by atoms with Crippen LogP contribution in [0.3, 0.4) is 0 Å². The molecule has 1 N–H and O–H groups in total. The Labute approximate surface area is 145 Å². The minimum Gasteiger partial charge on any atom is -0.486 e. The van der Waals surface area contributed by atoms with Crippen LogP contribution in [0.2, 0.25) is 0 Å². The number of ether oxygens (including phenoxy) is 2. The summed E-state index contributed by atoms with van der Waals surface area (Å²) >= 11 is 0. The van der Waals surface area contributed by atoms with Crippen LogP contribution in [0.25, 0.3) is 10.9 Å². The molecule has 2 aromatic carbocycles. The van der Waals surface area contributed by atoms with Crippen LogP contribution in [-0.4, -0.2) is 18.2 Å². The summed E-state index contributed by atoms with van der Waals surface area (Å²) in [5, 5.41) is 13.6. The molecule has 1 aromatic heterocycles. The van der Waals surface area contributed by atoms with Crippen LogP contribution >= 0.6 is 12.4 Å². The monoisotopic (exact) mass is 339 g/mol. The molecule has 6 heteroatoms. The highest BCUT2D eigenvalue weighted by Gasteiger charge is 2.13. The third kappa shape index (κ3) is 2.80. The molecule has 4 rings (SSSR count). The van der Waals surface area contributed by atoms with E-state index in [0.717, 1.165) is 28.0 Å². The molecule has 2 heterocycles. The number of halogens is 1. The second-order valence-electron chi connectivity index (χ2n) is 5.16. The van der Waals surface area contributed by atoms with E-state index in [9.17, 15) is 5.26 Å². The van der Waals surface area contributed by atoms with Crippen molar-refractivity contribution in [2.45, 2.75) is 0 Å². The van der Waals surface area contributed by atoms with Gasteiger partial charge >= 0.3 is 0 Å². The molecule has 1 aliphatic rings. The topological polar surface area (TPSA) is 67.2 Å². The molecule has 0 amide bonds. The second-order valence-corrected chi connectivity index (χ2v) is 5.16. The average Bonchev–Trinajstić information content (AvgIpc) is 2.62. The zero-order valence-electron chi connectivity index (χ0n) is 12.7. The lowest BCUT2D eigenvalue weighted by Gasteiger charge is -2.19. The molecule has 3 aromatic rings. The van der Waals surface area contributed by atoms with Gasteiger partial charge in [0.15, 0.2) is 11.5 Å². The van der Waals surface area contributed by atoms with Crippen LogP contribution in [0.15, 0.2) is 48.7 Å². The predicted molar refractivity (Wildman–Crippen MR) is 94.4 cm³/mol. The number of nitrogens with one attached hydrogen (secondary N) is 1. The maximum atomic E-state index is 9.37. The van der Waals surface area contributed by atoms with Crippen molar-refractivity contribution in [3.05, 3.63) is 54.2 Å². The molecule has 0 saturated carbocycles. The first-order chi connectivity index (χ1) is 11.3. The van der Waals surface area contributed by atoms with Gasteiger partial charge in [0.2, 0.25) is 0 Å². The molecule has 120 valence electrons. The minimum absolute atomic E-state index is 0. The molecular formula is C18H14ClN3O2. The van der Waals surface area contributed by atoms with E-state index >= 15 is 0 Å². The van der Waals surface area contributed by atoms with Crippen molar-refractivity contribution in [3.63, 3.8) is 0 Å². The highest BCUT2D eigenvalue weighted by atomic mass is 35.5. The van der Waals surface area contributed by atoms with E-state index in [0.29, 0.717) is 24.5 Å². The van der Waals surface area contributed by atoms with Gasteiger partial charge in [0.1, 0.15) is 19.3 Å². The van der Waals surface area contributed by atoms with Crippen LogP contribution < -0.4 is 14.8 Å². The van der Waals surface area contributed by atoms with Crippen LogP contribution in [-0.2, 0) is 0 Å². The number of rotatable bonds is 2. The summed E-state index contributed by atoms with van der Waals surface area (Å²) in [6.07, 6.45) is 1.59. The lowest BCUT2D eigenvalue weighted by atomic mass is 10.1. The van der Waals surface area contributed by atoms with Crippen LogP contribution in [0.1, 0.15) is 5.56 Å². The summed E-state index contributed by atoms with van der Waals surface area (Å²) in [5.74, 6) is 1.44. The van der Waals surface area contributed by atoms with Gasteiger partial charge in [0.05, 0.1) is 16.8 Å². The lowest BCUT2D eigenvalue weighted by molar-refractivity contribution is 0.171. The van der Waals surface area contributed by atoms with Crippen molar-refractivity contribution in [2.24, 2.45) is 0 Å². The standard InChI is InChI=1S/C18H13N3O2.ClH/c19-10-12-11-20-15-4-2-1-3-14(15)18(12)21-13-5-6-16-17(9-13)23-8-7-22-16;/h1-6,9,11H,7-8H2,(H,20,21);1H. The van der Waals surface area contributed by atoms with E-state index in [1.807, 2.05) is 42.5 Å². The number of benzene rings is 2. The number of para-hydroxylation sites is 1. The Kier molecular flexibility index (Phi) is 4.41. The van der Waals surface area contributed by atoms with Crippen molar-refractivity contribution < 1.29 is 9.47 Å². The minimum atomic E-state index is 0. The van der Waals surface area contributed by atoms with Gasteiger partial charge in [-0.05, 0) is 18.2 Å². The third-order valence-corrected chi connectivity index (χ3v) is 3.71. The molecule has 0 aliphatic carbocycles. The summed E-state index contributed by atoms with van der Waals surface area (Å²) in [6, 6.07) is 15.6. The first-order valence-corrected chi connectivity index (χ1v) is 7.30. The highest BCUT2D eigenvalue weighted by Crippen LogP contribution is 2.35. The number of nitrogens with zero attached hydrogens (tertiary/aromatic N) is 2. The van der Waals surface area contributed by atoms with Crippen molar-refractivity contribution in [1.29, 1.82) is 5.26 Å². The number of hydrogen-bond acceptors (Lipinski definition) is 5. The number of aromatic nitrogens is 1. The molecule has 0 spiro atoms. The average molecular weight is 340 g/mol. The Morgan fingerprint density at radius 1 is 1.04 bits per heavy atom. The number of hydrogen-bond donors (Lipinski definition) is 1. The number of anilines is 2. The van der Waals surface area contributed by atoms with Crippen molar-refractivity contribution in [3.8, 4) is 17.6 Å². The fourth-order valence-corrected chi connectivity index (χ4v) is 2.63. The van der Waals surface area contributed by atoms with Crippen LogP contribution in [0, 0.1) is 11.3 Å². The largest absolute Gasteiger partial charge is 0.486 e. The van der Waals surface area contributed by atoms with Crippen LogP contribution in [0.4, 0.5) is 11.4 Å². The summed E-state index contributed by atoms with van der Waals surface area (Å²) in [5.41, 5.74) is 2.92. The van der Waals surface area contributed by atoms with Gasteiger partial charge in [-0.2, -0.15) is 5.26 Å². The fraction of sp³-hybridized carbons (Fsp3) is 0.111. The smallest absolute Gasteiger partial charge is 0.163 e. The van der Waals surface area contributed by atoms with Crippen LogP contribution in [0.5, 0.6) is 11.5 Å². The van der Waals surface area contributed by atoms with Gasteiger partial charge < -0.3 is 14.8 Å². The normalized spacial score (nSPS) is 12.1. The number of pyridine rings is 1. The maximum absolute atomic E-state index is 9.37. The highest BCUT2D eigenvalue weighted by molar-refractivity contribution is 5.95. The van der Waals surface area contributed by atoms with E-state index in [4.69, 9.17) is 9.47 Å². The van der Waals surface area contributed by atoms with Crippen molar-refractivity contribution in [1.82, 2.24) is 4.98 Å². The molecule has 0 fully saturated rings. The van der Waals surface area contributed by atoms with E-state index in [2.05, 4.69) is 16.4 Å². The zero-order chi connectivity index (χ0) is 15.6. The van der Waals surface area contributed by atoms with Gasteiger partial charge in [-0.15, -0.1) is 12.4 Å². The van der Waals surface area contributed by atoms with Gasteiger partial charge in [-0.3, -0.25) is 4.98 Å². The molecular weight excluding hydrogens is 326 g/mol. The molecule has 0 bridgehead atoms. The molecule has 5 nitrogen and oxygen atoms in total. The molecule has 0 saturated heterocycles. The van der Waals surface area contributed by atoms with E-state index in [-0.39, 0.29) is 12.4 Å². The molecule has 1 aliphatic heterocycles. The molecule has 0 unspecified atom stereocenters. The Balaban J connectivity index is 0.00000169. The lowest BCUT2D eigenvalue weighted by Crippen LogP contribution is -2.15. The first kappa shape index (κ1) is 15.9. The predicted octanol–water partition coefficient (Wildman–Crippen LogP) is 4.04. The van der Waals surface area contributed by atoms with Crippen molar-refractivity contribution in [2.75, 3.05) is 18.5 Å². The van der Waals surface area contributed by atoms with Gasteiger partial charge in [-0.25, -0.2) is 0 Å². The number of nitriles is 1. The zero-order valence-corrected chi connectivity index (χ0v) is 13.5. The summed E-state index contributed by atoms with van der Waals surface area (Å²) in [7, 11) is 0. The van der Waals surface area contributed by atoms with Gasteiger partial charge in [-0.1, -0.05) is 18.2 Å². The van der Waals surface area contributed by atoms with Gasteiger partial charge in [0, 0.05) is 23.3 Å². The molecule has 0 radical (unpaired) electrons. The second kappa shape index (κ2) is 6.65. The first-order valence-electron chi connectivity index (χ1n) is 7.30. The third-order valence-electron chi connectivity index (χ3n) is 3.71. The summed E-state index contributed by atoms with van der Waals surface area (Å²) in [4.78, 5) is 4.32. The van der Waals surface area contributed by atoms with Gasteiger partial charge in [0.25, 0.3) is 0 Å². The SMILES string of the molecule is Cl.N#Cc1cnc2ccccc2c1Nc1ccc2c(c1)OCCO2. The number of fused-ring (bicyclic) bond motifs is 2. The van der Waals surface area contributed by atoms with E-state index in [1.165, 1.54) is 0 Å². The Bertz CT molecular complexity index is 937. The fourth-order valence-electron chi connectivity index (χ4n) is 2.63. The Morgan fingerprint density at radius 3 is 2.67 bits per heavy atom. The quantitative estimate of drug-likeness (QED) is 0.763. The Hall–Kier alpha value is -2.97. The molecule has 24 heavy (non-hydrogen) atoms. The summed E-state index contributed by atoms with van der Waals surface area (Å²) in [6.45, 7) is 1.10. The summed E-state index contributed by atoms with van der Waals surface area (Å²) < 4.78 is 11.1.